The highest BCUT2D eigenvalue weighted by Gasteiger charge is 2.30. The molecule has 0 amide bonds. The molecule has 1 unspecified atom stereocenters. The summed E-state index contributed by atoms with van der Waals surface area (Å²) in [6.07, 6.45) is 9.04. The van der Waals surface area contributed by atoms with Crippen LogP contribution in [0, 0.1) is 0 Å². The van der Waals surface area contributed by atoms with Crippen LogP contribution in [0.5, 0.6) is 0 Å². The first-order chi connectivity index (χ1) is 11.1. The van der Waals surface area contributed by atoms with Crippen LogP contribution in [-0.2, 0) is 18.4 Å². The summed E-state index contributed by atoms with van der Waals surface area (Å²) in [7, 11) is 0. The van der Waals surface area contributed by atoms with Gasteiger partial charge in [-0.15, -0.1) is 0 Å². The molecule has 0 saturated carbocycles. The van der Waals surface area contributed by atoms with E-state index in [2.05, 4.69) is 16.0 Å². The normalized spacial score (nSPS) is 22.4. The lowest BCUT2D eigenvalue weighted by molar-refractivity contribution is 0.0340. The highest BCUT2D eigenvalue weighted by atomic mass is 16.3. The summed E-state index contributed by atoms with van der Waals surface area (Å²) in [6.45, 7) is 1.85. The van der Waals surface area contributed by atoms with Gasteiger partial charge in [-0.1, -0.05) is 12.1 Å². The molecule has 2 heterocycles. The van der Waals surface area contributed by atoms with Gasteiger partial charge in [0, 0.05) is 18.8 Å². The third-order valence-corrected chi connectivity index (χ3v) is 4.52. The van der Waals surface area contributed by atoms with Crippen molar-refractivity contribution in [3.63, 3.8) is 0 Å². The molecule has 2 aliphatic rings. The maximum Gasteiger partial charge on any atom is 0.181 e. The second-order valence-electron chi connectivity index (χ2n) is 6.43. The number of hydrogen-bond acceptors (Lipinski definition) is 4. The van der Waals surface area contributed by atoms with Crippen molar-refractivity contribution in [3.8, 4) is 0 Å². The van der Waals surface area contributed by atoms with Gasteiger partial charge in [-0.05, 0) is 62.3 Å². The summed E-state index contributed by atoms with van der Waals surface area (Å²) < 4.78 is 0. The second kappa shape index (κ2) is 6.59. The fourth-order valence-corrected chi connectivity index (χ4v) is 3.32. The first-order valence-electron chi connectivity index (χ1n) is 8.22. The first-order valence-corrected chi connectivity index (χ1v) is 8.22. The average Bonchev–Trinajstić information content (AvgIpc) is 2.56. The van der Waals surface area contributed by atoms with Gasteiger partial charge in [-0.25, -0.2) is 0 Å². The fourth-order valence-electron chi connectivity index (χ4n) is 3.32. The number of rotatable bonds is 0. The molecule has 0 bridgehead atoms. The molecule has 0 aliphatic heterocycles. The van der Waals surface area contributed by atoms with Crippen molar-refractivity contribution < 1.29 is 9.90 Å². The van der Waals surface area contributed by atoms with Crippen molar-refractivity contribution in [1.82, 2.24) is 9.97 Å². The Morgan fingerprint density at radius 1 is 1.00 bits per heavy atom. The lowest BCUT2D eigenvalue weighted by atomic mass is 9.84. The Balaban J connectivity index is 0.000000136. The predicted octanol–water partition coefficient (Wildman–Crippen LogP) is 3.23. The standard InChI is InChI=1S/C10H13NO.C9H9NO/c1-10(12)6-2-4-8-5-3-7-11-9(8)10;11-8-5-1-3-7-4-2-6-10-9(7)8/h3,5,7,12H,2,4,6H2,1H3;2,4,6H,1,3,5H2. The van der Waals surface area contributed by atoms with Crippen molar-refractivity contribution in [3.05, 3.63) is 59.2 Å². The lowest BCUT2D eigenvalue weighted by Gasteiger charge is -2.29. The van der Waals surface area contributed by atoms with Gasteiger partial charge >= 0.3 is 0 Å². The summed E-state index contributed by atoms with van der Waals surface area (Å²) in [5.41, 5.74) is 3.18. The Kier molecular flexibility index (Phi) is 4.53. The number of ketones is 1. The highest BCUT2D eigenvalue weighted by molar-refractivity contribution is 5.96. The summed E-state index contributed by atoms with van der Waals surface area (Å²) in [5.74, 6) is 0.201. The van der Waals surface area contributed by atoms with Gasteiger partial charge in [0.05, 0.1) is 5.69 Å². The van der Waals surface area contributed by atoms with E-state index in [-0.39, 0.29) is 5.78 Å². The Morgan fingerprint density at radius 2 is 1.70 bits per heavy atom. The lowest BCUT2D eigenvalue weighted by Crippen LogP contribution is -2.28. The van der Waals surface area contributed by atoms with Gasteiger partial charge in [0.1, 0.15) is 11.3 Å². The zero-order valence-corrected chi connectivity index (χ0v) is 13.5. The maximum absolute atomic E-state index is 11.2. The summed E-state index contributed by atoms with van der Waals surface area (Å²) in [5, 5.41) is 9.96. The SMILES string of the molecule is CC1(O)CCCc2cccnc21.O=C1CCCc2cccnc21. The number of aryl methyl sites for hydroxylation is 2. The summed E-state index contributed by atoms with van der Waals surface area (Å²) in [6, 6.07) is 7.85. The summed E-state index contributed by atoms with van der Waals surface area (Å²) >= 11 is 0. The molecule has 4 nitrogen and oxygen atoms in total. The molecule has 1 atom stereocenters. The molecule has 120 valence electrons. The third-order valence-electron chi connectivity index (χ3n) is 4.52. The second-order valence-corrected chi connectivity index (χ2v) is 6.43. The minimum Gasteiger partial charge on any atom is -0.384 e. The van der Waals surface area contributed by atoms with Crippen LogP contribution in [0.25, 0.3) is 0 Å². The molecular formula is C19H22N2O2. The molecule has 0 aromatic carbocycles. The van der Waals surface area contributed by atoms with Crippen molar-refractivity contribution >= 4 is 5.78 Å². The molecule has 0 spiro atoms. The van der Waals surface area contributed by atoms with Crippen LogP contribution in [-0.4, -0.2) is 20.9 Å². The van der Waals surface area contributed by atoms with Crippen molar-refractivity contribution in [2.45, 2.75) is 51.0 Å². The van der Waals surface area contributed by atoms with Gasteiger partial charge in [0.2, 0.25) is 0 Å². The number of fused-ring (bicyclic) bond motifs is 2. The van der Waals surface area contributed by atoms with E-state index in [9.17, 15) is 9.90 Å². The number of pyridine rings is 2. The Morgan fingerprint density at radius 3 is 2.43 bits per heavy atom. The fraction of sp³-hybridized carbons (Fsp3) is 0.421. The molecule has 4 rings (SSSR count). The van der Waals surface area contributed by atoms with Crippen LogP contribution in [0.3, 0.4) is 0 Å². The number of aromatic nitrogens is 2. The zero-order valence-electron chi connectivity index (χ0n) is 13.5. The topological polar surface area (TPSA) is 63.1 Å². The van der Waals surface area contributed by atoms with Crippen LogP contribution in [0.2, 0.25) is 0 Å². The van der Waals surface area contributed by atoms with E-state index in [1.165, 1.54) is 5.56 Å². The molecule has 0 saturated heterocycles. The van der Waals surface area contributed by atoms with Crippen LogP contribution in [0.1, 0.15) is 59.9 Å². The van der Waals surface area contributed by atoms with Crippen molar-refractivity contribution in [1.29, 1.82) is 0 Å². The van der Waals surface area contributed by atoms with Gasteiger partial charge in [0.15, 0.2) is 5.78 Å². The van der Waals surface area contributed by atoms with Crippen molar-refractivity contribution in [2.24, 2.45) is 0 Å². The van der Waals surface area contributed by atoms with Crippen LogP contribution < -0.4 is 0 Å². The van der Waals surface area contributed by atoms with E-state index < -0.39 is 5.60 Å². The number of carbonyl (C=O) groups excluding carboxylic acids is 1. The van der Waals surface area contributed by atoms with E-state index in [1.54, 1.807) is 12.4 Å². The highest BCUT2D eigenvalue weighted by Crippen LogP contribution is 2.32. The molecular weight excluding hydrogens is 288 g/mol. The van der Waals surface area contributed by atoms with Crippen LogP contribution >= 0.6 is 0 Å². The van der Waals surface area contributed by atoms with Crippen molar-refractivity contribution in [2.75, 3.05) is 0 Å². The van der Waals surface area contributed by atoms with E-state index in [0.29, 0.717) is 12.1 Å². The molecule has 4 heteroatoms. The van der Waals surface area contributed by atoms with Gasteiger partial charge in [0.25, 0.3) is 0 Å². The quantitative estimate of drug-likeness (QED) is 0.811. The van der Waals surface area contributed by atoms with Crippen LogP contribution in [0.15, 0.2) is 36.7 Å². The van der Waals surface area contributed by atoms with E-state index in [0.717, 1.165) is 43.4 Å². The number of nitrogens with zero attached hydrogens (tertiary/aromatic N) is 2. The number of Topliss-reactive ketones (excluding diaryl/α,β-unsaturated/α-hetero) is 1. The zero-order chi connectivity index (χ0) is 16.3. The van der Waals surface area contributed by atoms with E-state index in [4.69, 9.17) is 0 Å². The largest absolute Gasteiger partial charge is 0.384 e. The molecule has 2 aromatic rings. The maximum atomic E-state index is 11.2. The van der Waals surface area contributed by atoms with Crippen LogP contribution in [0.4, 0.5) is 0 Å². The van der Waals surface area contributed by atoms with Gasteiger partial charge in [-0.2, -0.15) is 0 Å². The van der Waals surface area contributed by atoms with E-state index in [1.807, 2.05) is 25.1 Å². The first kappa shape index (κ1) is 15.8. The van der Waals surface area contributed by atoms with Gasteiger partial charge < -0.3 is 5.11 Å². The minimum atomic E-state index is -0.700. The Labute approximate surface area is 136 Å². The molecule has 0 radical (unpaired) electrons. The average molecular weight is 310 g/mol. The van der Waals surface area contributed by atoms with E-state index >= 15 is 0 Å². The number of aliphatic hydroxyl groups is 1. The Hall–Kier alpha value is -2.07. The Bertz CT molecular complexity index is 710. The smallest absolute Gasteiger partial charge is 0.181 e. The van der Waals surface area contributed by atoms with Gasteiger partial charge in [-0.3, -0.25) is 14.8 Å². The number of carbonyl (C=O) groups is 1. The molecule has 2 aromatic heterocycles. The minimum absolute atomic E-state index is 0.201. The monoisotopic (exact) mass is 310 g/mol. The molecule has 1 N–H and O–H groups in total. The predicted molar refractivity (Wildman–Crippen MR) is 88.3 cm³/mol. The molecule has 23 heavy (non-hydrogen) atoms. The summed E-state index contributed by atoms with van der Waals surface area (Å²) in [4.78, 5) is 19.5. The molecule has 2 aliphatic carbocycles. The number of hydrogen-bond donors (Lipinski definition) is 1. The third kappa shape index (κ3) is 3.48. The molecule has 0 fully saturated rings.